The topological polar surface area (TPSA) is 33.0 Å². The molecule has 0 atom stereocenters. The highest BCUT2D eigenvalue weighted by atomic mass is 35.5. The Morgan fingerprint density at radius 3 is 2.78 bits per heavy atom. The van der Waals surface area contributed by atoms with Crippen molar-refractivity contribution in [3.05, 3.63) is 64.4 Å². The summed E-state index contributed by atoms with van der Waals surface area (Å²) in [5, 5.41) is 9.49. The van der Waals surface area contributed by atoms with Crippen LogP contribution in [0.5, 0.6) is 5.75 Å². The van der Waals surface area contributed by atoms with Crippen LogP contribution in [0, 0.1) is 17.1 Å². The van der Waals surface area contributed by atoms with Crippen LogP contribution in [0.3, 0.4) is 0 Å². The van der Waals surface area contributed by atoms with Crippen LogP contribution in [0.4, 0.5) is 4.39 Å². The Balaban J connectivity index is 2.14. The molecule has 0 bridgehead atoms. The Hall–Kier alpha value is -2.05. The molecule has 0 unspecified atom stereocenters. The second-order valence-corrected chi connectivity index (χ2v) is 4.11. The van der Waals surface area contributed by atoms with Crippen LogP contribution in [0.25, 0.3) is 0 Å². The zero-order chi connectivity index (χ0) is 13.0. The molecule has 0 aromatic heterocycles. The molecule has 18 heavy (non-hydrogen) atoms. The molecule has 0 saturated heterocycles. The highest BCUT2D eigenvalue weighted by Gasteiger charge is 2.05. The van der Waals surface area contributed by atoms with E-state index in [2.05, 4.69) is 0 Å². The van der Waals surface area contributed by atoms with E-state index >= 15 is 0 Å². The van der Waals surface area contributed by atoms with Gasteiger partial charge in [0, 0.05) is 5.02 Å². The van der Waals surface area contributed by atoms with Gasteiger partial charge in [0.15, 0.2) is 0 Å². The SMILES string of the molecule is N#Cc1cc(F)ccc1OCc1cccc(Cl)c1. The van der Waals surface area contributed by atoms with Crippen LogP contribution >= 0.6 is 11.6 Å². The second-order valence-electron chi connectivity index (χ2n) is 3.67. The smallest absolute Gasteiger partial charge is 0.137 e. The quantitative estimate of drug-likeness (QED) is 0.839. The number of halogens is 2. The second kappa shape index (κ2) is 5.52. The summed E-state index contributed by atoms with van der Waals surface area (Å²) in [6.45, 7) is 0.279. The summed E-state index contributed by atoms with van der Waals surface area (Å²) in [6.07, 6.45) is 0. The number of nitriles is 1. The van der Waals surface area contributed by atoms with Gasteiger partial charge in [-0.25, -0.2) is 4.39 Å². The van der Waals surface area contributed by atoms with Crippen LogP contribution in [-0.4, -0.2) is 0 Å². The molecular formula is C14H9ClFNO. The summed E-state index contributed by atoms with van der Waals surface area (Å²) >= 11 is 5.85. The van der Waals surface area contributed by atoms with E-state index in [1.807, 2.05) is 18.2 Å². The lowest BCUT2D eigenvalue weighted by Gasteiger charge is -2.08. The molecule has 0 N–H and O–H groups in total. The normalized spacial score (nSPS) is 9.83. The number of hydrogen-bond acceptors (Lipinski definition) is 2. The van der Waals surface area contributed by atoms with Gasteiger partial charge in [0.05, 0.1) is 5.56 Å². The van der Waals surface area contributed by atoms with Crippen LogP contribution < -0.4 is 4.74 Å². The molecule has 0 aliphatic carbocycles. The molecule has 0 aliphatic rings. The van der Waals surface area contributed by atoms with Gasteiger partial charge in [-0.05, 0) is 35.9 Å². The molecule has 2 rings (SSSR count). The van der Waals surface area contributed by atoms with Crippen LogP contribution in [0.15, 0.2) is 42.5 Å². The predicted molar refractivity (Wildman–Crippen MR) is 66.9 cm³/mol. The summed E-state index contributed by atoms with van der Waals surface area (Å²) < 4.78 is 18.4. The predicted octanol–water partition coefficient (Wildman–Crippen LogP) is 3.93. The van der Waals surface area contributed by atoms with Crippen molar-refractivity contribution < 1.29 is 9.13 Å². The van der Waals surface area contributed by atoms with E-state index in [-0.39, 0.29) is 12.2 Å². The first-order valence-electron chi connectivity index (χ1n) is 5.26. The molecule has 0 spiro atoms. The zero-order valence-electron chi connectivity index (χ0n) is 9.36. The van der Waals surface area contributed by atoms with E-state index < -0.39 is 5.82 Å². The third kappa shape index (κ3) is 2.99. The maximum Gasteiger partial charge on any atom is 0.137 e. The van der Waals surface area contributed by atoms with Crippen molar-refractivity contribution >= 4 is 11.6 Å². The van der Waals surface area contributed by atoms with Crippen LogP contribution in [-0.2, 0) is 6.61 Å². The summed E-state index contributed by atoms with van der Waals surface area (Å²) in [4.78, 5) is 0. The highest BCUT2D eigenvalue weighted by molar-refractivity contribution is 6.30. The van der Waals surface area contributed by atoms with Crippen molar-refractivity contribution in [2.75, 3.05) is 0 Å². The minimum Gasteiger partial charge on any atom is -0.488 e. The van der Waals surface area contributed by atoms with E-state index in [1.165, 1.54) is 12.1 Å². The fourth-order valence-electron chi connectivity index (χ4n) is 1.50. The van der Waals surface area contributed by atoms with E-state index in [0.29, 0.717) is 10.8 Å². The number of nitrogens with zero attached hydrogens (tertiary/aromatic N) is 1. The van der Waals surface area contributed by atoms with Crippen molar-refractivity contribution in [2.45, 2.75) is 6.61 Å². The molecule has 0 fully saturated rings. The van der Waals surface area contributed by atoms with Gasteiger partial charge in [-0.1, -0.05) is 23.7 Å². The first-order chi connectivity index (χ1) is 8.69. The lowest BCUT2D eigenvalue weighted by molar-refractivity contribution is 0.305. The molecule has 2 aromatic carbocycles. The van der Waals surface area contributed by atoms with E-state index in [4.69, 9.17) is 21.6 Å². The molecule has 2 aromatic rings. The van der Waals surface area contributed by atoms with E-state index in [0.717, 1.165) is 11.6 Å². The van der Waals surface area contributed by atoms with Crippen molar-refractivity contribution in [3.63, 3.8) is 0 Å². The first kappa shape index (κ1) is 12.4. The van der Waals surface area contributed by atoms with Crippen LogP contribution in [0.2, 0.25) is 5.02 Å². The number of benzene rings is 2. The zero-order valence-corrected chi connectivity index (χ0v) is 10.1. The Morgan fingerprint density at radius 2 is 2.06 bits per heavy atom. The molecule has 0 radical (unpaired) electrons. The van der Waals surface area contributed by atoms with Gasteiger partial charge in [-0.2, -0.15) is 5.26 Å². The molecular weight excluding hydrogens is 253 g/mol. The minimum atomic E-state index is -0.457. The molecule has 90 valence electrons. The third-order valence-electron chi connectivity index (χ3n) is 2.35. The number of hydrogen-bond donors (Lipinski definition) is 0. The van der Waals surface area contributed by atoms with E-state index in [1.54, 1.807) is 12.1 Å². The maximum atomic E-state index is 12.9. The summed E-state index contributed by atoms with van der Waals surface area (Å²) in [5.41, 5.74) is 1.06. The lowest BCUT2D eigenvalue weighted by atomic mass is 10.2. The van der Waals surface area contributed by atoms with E-state index in [9.17, 15) is 4.39 Å². The maximum absolute atomic E-state index is 12.9. The van der Waals surface area contributed by atoms with Crippen molar-refractivity contribution in [1.82, 2.24) is 0 Å². The van der Waals surface area contributed by atoms with Gasteiger partial charge in [0.2, 0.25) is 0 Å². The molecule has 0 amide bonds. The van der Waals surface area contributed by atoms with Gasteiger partial charge in [0.25, 0.3) is 0 Å². The Morgan fingerprint density at radius 1 is 1.22 bits per heavy atom. The minimum absolute atomic E-state index is 0.178. The van der Waals surface area contributed by atoms with Gasteiger partial charge < -0.3 is 4.74 Å². The standard InChI is InChI=1S/C14H9ClFNO/c15-12-3-1-2-10(6-12)9-18-14-5-4-13(16)7-11(14)8-17/h1-7H,9H2. The fraction of sp³-hybridized carbons (Fsp3) is 0.0714. The molecule has 0 aliphatic heterocycles. The van der Waals surface area contributed by atoms with Crippen molar-refractivity contribution in [2.24, 2.45) is 0 Å². The Labute approximate surface area is 109 Å². The van der Waals surface area contributed by atoms with Crippen molar-refractivity contribution in [3.8, 4) is 11.8 Å². The molecule has 2 nitrogen and oxygen atoms in total. The summed E-state index contributed by atoms with van der Waals surface area (Å²) in [7, 11) is 0. The highest BCUT2D eigenvalue weighted by Crippen LogP contribution is 2.20. The lowest BCUT2D eigenvalue weighted by Crippen LogP contribution is -1.97. The molecule has 0 saturated carbocycles. The third-order valence-corrected chi connectivity index (χ3v) is 2.58. The Kier molecular flexibility index (Phi) is 3.81. The van der Waals surface area contributed by atoms with Gasteiger partial charge in [-0.15, -0.1) is 0 Å². The van der Waals surface area contributed by atoms with Gasteiger partial charge >= 0.3 is 0 Å². The van der Waals surface area contributed by atoms with Crippen LogP contribution in [0.1, 0.15) is 11.1 Å². The average Bonchev–Trinajstić information content (AvgIpc) is 2.37. The molecule has 0 heterocycles. The summed E-state index contributed by atoms with van der Waals surface area (Å²) in [6, 6.07) is 13.0. The molecule has 4 heteroatoms. The van der Waals surface area contributed by atoms with Crippen molar-refractivity contribution in [1.29, 1.82) is 5.26 Å². The average molecular weight is 262 g/mol. The van der Waals surface area contributed by atoms with Gasteiger partial charge in [-0.3, -0.25) is 0 Å². The summed E-state index contributed by atoms with van der Waals surface area (Å²) in [5.74, 6) is -0.0967. The fourth-order valence-corrected chi connectivity index (χ4v) is 1.72. The largest absolute Gasteiger partial charge is 0.488 e. The number of ether oxygens (including phenoxy) is 1. The number of rotatable bonds is 3. The monoisotopic (exact) mass is 261 g/mol. The van der Waals surface area contributed by atoms with Gasteiger partial charge in [0.1, 0.15) is 24.2 Å². The first-order valence-corrected chi connectivity index (χ1v) is 5.64. The Bertz CT molecular complexity index is 607.